The summed E-state index contributed by atoms with van der Waals surface area (Å²) in [5, 5.41) is 7.08. The maximum Gasteiger partial charge on any atom is 0.227 e. The Kier molecular flexibility index (Phi) is 3.69. The molecule has 0 saturated carbocycles. The molecule has 1 saturated heterocycles. The average molecular weight is 210 g/mol. The van der Waals surface area contributed by atoms with Gasteiger partial charge in [0.2, 0.25) is 5.89 Å². The van der Waals surface area contributed by atoms with Crippen LogP contribution in [0.1, 0.15) is 19.2 Å². The second-order valence-corrected chi connectivity index (χ2v) is 4.09. The largest absolute Gasteiger partial charge is 0.340 e. The van der Waals surface area contributed by atoms with Crippen LogP contribution in [-0.4, -0.2) is 47.3 Å². The van der Waals surface area contributed by atoms with E-state index in [1.54, 1.807) is 0 Å². The van der Waals surface area contributed by atoms with Crippen molar-refractivity contribution < 1.29 is 4.52 Å². The molecule has 1 fully saturated rings. The molecule has 5 nitrogen and oxygen atoms in total. The van der Waals surface area contributed by atoms with Crippen LogP contribution in [-0.2, 0) is 6.42 Å². The van der Waals surface area contributed by atoms with Crippen molar-refractivity contribution in [3.8, 4) is 0 Å². The van der Waals surface area contributed by atoms with Gasteiger partial charge in [-0.15, -0.1) is 0 Å². The van der Waals surface area contributed by atoms with Gasteiger partial charge >= 0.3 is 0 Å². The minimum atomic E-state index is 0.579. The van der Waals surface area contributed by atoms with Gasteiger partial charge in [0.1, 0.15) is 0 Å². The summed E-state index contributed by atoms with van der Waals surface area (Å²) in [6.07, 6.45) is 3.53. The third-order valence-corrected chi connectivity index (χ3v) is 2.72. The molecule has 1 unspecified atom stereocenters. The molecule has 0 aliphatic carbocycles. The van der Waals surface area contributed by atoms with Gasteiger partial charge in [0.05, 0.1) is 0 Å². The fraction of sp³-hybridized carbons (Fsp3) is 0.800. The van der Waals surface area contributed by atoms with Crippen LogP contribution in [0.2, 0.25) is 0 Å². The van der Waals surface area contributed by atoms with Gasteiger partial charge < -0.3 is 14.7 Å². The first-order valence-corrected chi connectivity index (χ1v) is 5.56. The zero-order valence-corrected chi connectivity index (χ0v) is 9.15. The Hall–Kier alpha value is -0.940. The molecule has 84 valence electrons. The van der Waals surface area contributed by atoms with E-state index in [0.717, 1.165) is 38.5 Å². The first-order valence-electron chi connectivity index (χ1n) is 5.56. The molecular formula is C10H18N4O. The van der Waals surface area contributed by atoms with E-state index < -0.39 is 0 Å². The minimum absolute atomic E-state index is 0.579. The SMILES string of the molecule is CC1CN(CCc2ncno2)CCCN1. The Bertz CT molecular complexity index is 275. The normalized spacial score (nSPS) is 23.9. The van der Waals surface area contributed by atoms with Crippen molar-refractivity contribution in [2.75, 3.05) is 26.2 Å². The molecule has 2 rings (SSSR count). The zero-order valence-electron chi connectivity index (χ0n) is 9.15. The molecule has 1 aromatic heterocycles. The lowest BCUT2D eigenvalue weighted by atomic mass is 10.3. The number of hydrogen-bond donors (Lipinski definition) is 1. The van der Waals surface area contributed by atoms with Crippen molar-refractivity contribution in [3.63, 3.8) is 0 Å². The van der Waals surface area contributed by atoms with E-state index in [1.807, 2.05) is 0 Å². The van der Waals surface area contributed by atoms with Crippen LogP contribution in [0.3, 0.4) is 0 Å². The highest BCUT2D eigenvalue weighted by atomic mass is 16.5. The molecule has 1 N–H and O–H groups in total. The van der Waals surface area contributed by atoms with Crippen LogP contribution < -0.4 is 5.32 Å². The lowest BCUT2D eigenvalue weighted by Gasteiger charge is -2.21. The van der Waals surface area contributed by atoms with E-state index in [9.17, 15) is 0 Å². The summed E-state index contributed by atoms with van der Waals surface area (Å²) in [6.45, 7) is 6.62. The van der Waals surface area contributed by atoms with E-state index in [1.165, 1.54) is 12.7 Å². The lowest BCUT2D eigenvalue weighted by molar-refractivity contribution is 0.262. The van der Waals surface area contributed by atoms with Gasteiger partial charge in [-0.05, 0) is 26.4 Å². The molecule has 0 spiro atoms. The van der Waals surface area contributed by atoms with Crippen LogP contribution in [0.15, 0.2) is 10.9 Å². The van der Waals surface area contributed by atoms with Gasteiger partial charge in [-0.1, -0.05) is 5.16 Å². The summed E-state index contributed by atoms with van der Waals surface area (Å²) in [5.41, 5.74) is 0. The first-order chi connectivity index (χ1) is 7.34. The summed E-state index contributed by atoms with van der Waals surface area (Å²) in [4.78, 5) is 6.48. The Balaban J connectivity index is 1.78. The minimum Gasteiger partial charge on any atom is -0.340 e. The first kappa shape index (κ1) is 10.6. The fourth-order valence-electron chi connectivity index (χ4n) is 1.96. The third kappa shape index (κ3) is 3.28. The van der Waals surface area contributed by atoms with E-state index in [0.29, 0.717) is 6.04 Å². The standard InChI is InChI=1S/C10H18N4O/c1-9-7-14(5-2-4-11-9)6-3-10-12-8-13-15-10/h8-9,11H,2-7H2,1H3. The predicted molar refractivity (Wildman–Crippen MR) is 56.5 cm³/mol. The van der Waals surface area contributed by atoms with Crippen molar-refractivity contribution in [1.82, 2.24) is 20.4 Å². The summed E-state index contributed by atoms with van der Waals surface area (Å²) in [6, 6.07) is 0.579. The highest BCUT2D eigenvalue weighted by molar-refractivity contribution is 4.79. The van der Waals surface area contributed by atoms with Crippen molar-refractivity contribution in [2.24, 2.45) is 0 Å². The molecule has 1 aliphatic heterocycles. The Morgan fingerprint density at radius 2 is 2.60 bits per heavy atom. The molecule has 0 amide bonds. The quantitative estimate of drug-likeness (QED) is 0.777. The Morgan fingerprint density at radius 1 is 1.67 bits per heavy atom. The van der Waals surface area contributed by atoms with Crippen LogP contribution in [0.4, 0.5) is 0 Å². The molecule has 0 aromatic carbocycles. The van der Waals surface area contributed by atoms with Gasteiger partial charge in [-0.3, -0.25) is 0 Å². The molecule has 5 heteroatoms. The maximum absolute atomic E-state index is 4.98. The number of aromatic nitrogens is 2. The average Bonchev–Trinajstić information content (AvgIpc) is 2.65. The number of nitrogens with zero attached hydrogens (tertiary/aromatic N) is 3. The molecule has 1 atom stereocenters. The van der Waals surface area contributed by atoms with Crippen LogP contribution in [0.5, 0.6) is 0 Å². The topological polar surface area (TPSA) is 54.2 Å². The summed E-state index contributed by atoms with van der Waals surface area (Å²) in [5.74, 6) is 0.736. The van der Waals surface area contributed by atoms with Gasteiger partial charge in [0.15, 0.2) is 6.33 Å². The number of rotatable bonds is 3. The molecule has 15 heavy (non-hydrogen) atoms. The molecule has 1 aromatic rings. The molecular weight excluding hydrogens is 192 g/mol. The molecule has 0 radical (unpaired) electrons. The van der Waals surface area contributed by atoms with Gasteiger partial charge in [-0.25, -0.2) is 0 Å². The highest BCUT2D eigenvalue weighted by Gasteiger charge is 2.14. The molecule has 2 heterocycles. The van der Waals surface area contributed by atoms with Crippen LogP contribution in [0, 0.1) is 0 Å². The summed E-state index contributed by atoms with van der Waals surface area (Å²) < 4.78 is 4.98. The van der Waals surface area contributed by atoms with E-state index in [4.69, 9.17) is 4.52 Å². The second-order valence-electron chi connectivity index (χ2n) is 4.09. The van der Waals surface area contributed by atoms with Gasteiger partial charge in [-0.2, -0.15) is 4.98 Å². The van der Waals surface area contributed by atoms with Crippen molar-refractivity contribution in [1.29, 1.82) is 0 Å². The van der Waals surface area contributed by atoms with Crippen LogP contribution >= 0.6 is 0 Å². The summed E-state index contributed by atoms with van der Waals surface area (Å²) >= 11 is 0. The number of hydrogen-bond acceptors (Lipinski definition) is 5. The van der Waals surface area contributed by atoms with E-state index >= 15 is 0 Å². The predicted octanol–water partition coefficient (Wildman–Crippen LogP) is 0.296. The van der Waals surface area contributed by atoms with E-state index in [-0.39, 0.29) is 0 Å². The Morgan fingerprint density at radius 3 is 3.40 bits per heavy atom. The third-order valence-electron chi connectivity index (χ3n) is 2.72. The van der Waals surface area contributed by atoms with Crippen molar-refractivity contribution >= 4 is 0 Å². The fourth-order valence-corrected chi connectivity index (χ4v) is 1.96. The van der Waals surface area contributed by atoms with Gasteiger partial charge in [0, 0.05) is 25.6 Å². The highest BCUT2D eigenvalue weighted by Crippen LogP contribution is 2.02. The maximum atomic E-state index is 4.98. The molecule has 0 bridgehead atoms. The molecule has 1 aliphatic rings. The second kappa shape index (κ2) is 5.23. The zero-order chi connectivity index (χ0) is 10.5. The van der Waals surface area contributed by atoms with Crippen LogP contribution in [0.25, 0.3) is 0 Å². The smallest absolute Gasteiger partial charge is 0.227 e. The van der Waals surface area contributed by atoms with E-state index in [2.05, 4.69) is 27.3 Å². The number of nitrogens with one attached hydrogen (secondary N) is 1. The lowest BCUT2D eigenvalue weighted by Crippen LogP contribution is -2.36. The van der Waals surface area contributed by atoms with Crippen molar-refractivity contribution in [2.45, 2.75) is 25.8 Å². The van der Waals surface area contributed by atoms with Crippen molar-refractivity contribution in [3.05, 3.63) is 12.2 Å². The Labute approximate surface area is 89.8 Å². The monoisotopic (exact) mass is 210 g/mol. The van der Waals surface area contributed by atoms with Gasteiger partial charge in [0.25, 0.3) is 0 Å². The summed E-state index contributed by atoms with van der Waals surface area (Å²) in [7, 11) is 0.